The molecule has 0 unspecified atom stereocenters. The van der Waals surface area contributed by atoms with E-state index in [2.05, 4.69) is 17.7 Å². The number of piperidine rings is 1. The Kier molecular flexibility index (Phi) is 7.98. The molecule has 1 aliphatic rings. The van der Waals surface area contributed by atoms with Gasteiger partial charge in [0.15, 0.2) is 11.5 Å². The van der Waals surface area contributed by atoms with Crippen molar-refractivity contribution in [3.63, 3.8) is 0 Å². The highest BCUT2D eigenvalue weighted by Crippen LogP contribution is 2.40. The van der Waals surface area contributed by atoms with Crippen molar-refractivity contribution < 1.29 is 23.5 Å². The lowest BCUT2D eigenvalue weighted by Gasteiger charge is -2.40. The van der Waals surface area contributed by atoms with Crippen LogP contribution in [-0.4, -0.2) is 58.0 Å². The maximum atomic E-state index is 12.6. The molecule has 1 saturated heterocycles. The molecule has 0 atom stereocenters. The first-order valence-electron chi connectivity index (χ1n) is 10.4. The predicted molar refractivity (Wildman–Crippen MR) is 127 cm³/mol. The van der Waals surface area contributed by atoms with Crippen LogP contribution in [0.15, 0.2) is 30.3 Å². The highest BCUT2D eigenvalue weighted by Gasteiger charge is 2.31. The van der Waals surface area contributed by atoms with Crippen LogP contribution in [0.1, 0.15) is 18.4 Å². The quantitative estimate of drug-likeness (QED) is 0.547. The summed E-state index contributed by atoms with van der Waals surface area (Å²) in [5.41, 5.74) is 1.72. The van der Waals surface area contributed by atoms with Crippen molar-refractivity contribution in [1.82, 2.24) is 5.32 Å². The minimum atomic E-state index is -0.259. The number of halogens is 2. The number of anilines is 1. The number of likely N-dealkylation sites (tertiary alicyclic amines) is 1. The number of methoxy groups -OCH3 is 3. The van der Waals surface area contributed by atoms with E-state index < -0.39 is 0 Å². The summed E-state index contributed by atoms with van der Waals surface area (Å²) in [5.74, 6) is 1.44. The smallest absolute Gasteiger partial charge is 0.319 e. The first-order chi connectivity index (χ1) is 15.3. The number of carbonyl (C=O) groups is 1. The molecule has 2 amide bonds. The standard InChI is InChI=1S/C23H29Cl2N3O4/c1-28(14-15-5-6-18(24)19(25)11-15)9-7-16(8-10-28)26-23(29)27-17-12-20(30-2)22(32-4)21(13-17)31-3/h5-6,11-13,16H,7-10,14H2,1-4H3,(H-,26,27,29)/p+1. The van der Waals surface area contributed by atoms with Gasteiger partial charge in [-0.2, -0.15) is 0 Å². The van der Waals surface area contributed by atoms with Crippen LogP contribution in [0, 0.1) is 0 Å². The summed E-state index contributed by atoms with van der Waals surface area (Å²) < 4.78 is 16.9. The number of rotatable bonds is 7. The Morgan fingerprint density at radius 2 is 1.62 bits per heavy atom. The molecule has 0 aliphatic carbocycles. The van der Waals surface area contributed by atoms with Gasteiger partial charge in [-0.25, -0.2) is 4.79 Å². The fraction of sp³-hybridized carbons (Fsp3) is 0.435. The van der Waals surface area contributed by atoms with Crippen LogP contribution in [0.25, 0.3) is 0 Å². The van der Waals surface area contributed by atoms with Gasteiger partial charge in [0.2, 0.25) is 5.75 Å². The van der Waals surface area contributed by atoms with Gasteiger partial charge in [0.05, 0.1) is 57.2 Å². The maximum Gasteiger partial charge on any atom is 0.319 e. The molecule has 0 saturated carbocycles. The first-order valence-corrected chi connectivity index (χ1v) is 11.2. The largest absolute Gasteiger partial charge is 0.493 e. The third-order valence-corrected chi connectivity index (χ3v) is 6.58. The molecule has 0 aromatic heterocycles. The molecule has 2 aromatic rings. The molecule has 3 rings (SSSR count). The number of urea groups is 1. The summed E-state index contributed by atoms with van der Waals surface area (Å²) >= 11 is 12.2. The summed E-state index contributed by atoms with van der Waals surface area (Å²) in [5, 5.41) is 7.09. The van der Waals surface area contributed by atoms with Crippen molar-refractivity contribution in [3.05, 3.63) is 45.9 Å². The molecule has 174 valence electrons. The van der Waals surface area contributed by atoms with Crippen molar-refractivity contribution in [2.24, 2.45) is 0 Å². The van der Waals surface area contributed by atoms with Gasteiger partial charge in [0, 0.05) is 36.6 Å². The van der Waals surface area contributed by atoms with Crippen LogP contribution >= 0.6 is 23.2 Å². The van der Waals surface area contributed by atoms with Gasteiger partial charge in [0.1, 0.15) is 6.54 Å². The zero-order valence-electron chi connectivity index (χ0n) is 18.8. The second-order valence-electron chi connectivity index (χ2n) is 8.26. The zero-order valence-corrected chi connectivity index (χ0v) is 20.3. The number of quaternary nitrogens is 1. The van der Waals surface area contributed by atoms with Gasteiger partial charge in [-0.3, -0.25) is 0 Å². The van der Waals surface area contributed by atoms with Crippen LogP contribution in [0.3, 0.4) is 0 Å². The molecular formula is C23H30Cl2N3O4+. The maximum absolute atomic E-state index is 12.6. The summed E-state index contributed by atoms with van der Waals surface area (Å²) in [6.07, 6.45) is 1.78. The van der Waals surface area contributed by atoms with Crippen molar-refractivity contribution >= 4 is 34.9 Å². The molecule has 9 heteroatoms. The molecule has 32 heavy (non-hydrogen) atoms. The molecule has 1 aliphatic heterocycles. The van der Waals surface area contributed by atoms with Crippen LogP contribution in [-0.2, 0) is 6.54 Å². The number of hydrogen-bond acceptors (Lipinski definition) is 4. The monoisotopic (exact) mass is 482 g/mol. The number of nitrogens with one attached hydrogen (secondary N) is 2. The van der Waals surface area contributed by atoms with E-state index in [1.54, 1.807) is 12.1 Å². The average molecular weight is 483 g/mol. The second-order valence-corrected chi connectivity index (χ2v) is 9.07. The Morgan fingerprint density at radius 1 is 1.00 bits per heavy atom. The zero-order chi connectivity index (χ0) is 23.3. The Hall–Kier alpha value is -2.35. The minimum absolute atomic E-state index is 0.108. The lowest BCUT2D eigenvalue weighted by atomic mass is 10.0. The molecule has 0 radical (unpaired) electrons. The van der Waals surface area contributed by atoms with Crippen LogP contribution < -0.4 is 24.8 Å². The van der Waals surface area contributed by atoms with E-state index in [1.807, 2.05) is 18.2 Å². The number of hydrogen-bond donors (Lipinski definition) is 2. The van der Waals surface area contributed by atoms with E-state index in [0.717, 1.165) is 42.5 Å². The lowest BCUT2D eigenvalue weighted by molar-refractivity contribution is -0.927. The number of amides is 2. The van der Waals surface area contributed by atoms with Crippen molar-refractivity contribution in [2.75, 3.05) is 46.8 Å². The Bertz CT molecular complexity index is 937. The molecular weight excluding hydrogens is 453 g/mol. The fourth-order valence-corrected chi connectivity index (χ4v) is 4.40. The van der Waals surface area contributed by atoms with E-state index in [0.29, 0.717) is 33.0 Å². The van der Waals surface area contributed by atoms with Crippen LogP contribution in [0.4, 0.5) is 10.5 Å². The molecule has 0 spiro atoms. The molecule has 0 bridgehead atoms. The van der Waals surface area contributed by atoms with Crippen molar-refractivity contribution in [2.45, 2.75) is 25.4 Å². The Balaban J connectivity index is 1.56. The minimum Gasteiger partial charge on any atom is -0.493 e. The molecule has 2 N–H and O–H groups in total. The van der Waals surface area contributed by atoms with E-state index in [1.165, 1.54) is 21.3 Å². The molecule has 1 heterocycles. The SMILES string of the molecule is COc1cc(NC(=O)NC2CC[N+](C)(Cc3ccc(Cl)c(Cl)c3)CC2)cc(OC)c1OC. The van der Waals surface area contributed by atoms with E-state index in [9.17, 15) is 4.79 Å². The van der Waals surface area contributed by atoms with Crippen molar-refractivity contribution in [1.29, 1.82) is 0 Å². The van der Waals surface area contributed by atoms with Gasteiger partial charge in [0.25, 0.3) is 0 Å². The van der Waals surface area contributed by atoms with Gasteiger partial charge < -0.3 is 29.3 Å². The van der Waals surface area contributed by atoms with Crippen LogP contribution in [0.2, 0.25) is 10.0 Å². The van der Waals surface area contributed by atoms with E-state index >= 15 is 0 Å². The number of carbonyl (C=O) groups excluding carboxylic acids is 1. The number of nitrogens with zero attached hydrogens (tertiary/aromatic N) is 1. The molecule has 1 fully saturated rings. The van der Waals surface area contributed by atoms with Gasteiger partial charge in [-0.15, -0.1) is 0 Å². The first kappa shape index (κ1) is 24.3. The molecule has 7 nitrogen and oxygen atoms in total. The number of ether oxygens (including phenoxy) is 3. The summed E-state index contributed by atoms with van der Waals surface area (Å²) in [4.78, 5) is 12.6. The summed E-state index contributed by atoms with van der Waals surface area (Å²) in [7, 11) is 6.85. The van der Waals surface area contributed by atoms with E-state index in [4.69, 9.17) is 37.4 Å². The van der Waals surface area contributed by atoms with E-state index in [-0.39, 0.29) is 12.1 Å². The predicted octanol–water partition coefficient (Wildman–Crippen LogP) is 4.95. The fourth-order valence-electron chi connectivity index (χ4n) is 4.08. The highest BCUT2D eigenvalue weighted by molar-refractivity contribution is 6.42. The number of benzene rings is 2. The normalized spacial score (nSPS) is 20.4. The third kappa shape index (κ3) is 5.91. The topological polar surface area (TPSA) is 68.8 Å². The summed E-state index contributed by atoms with van der Waals surface area (Å²) in [6, 6.07) is 9.05. The third-order valence-electron chi connectivity index (χ3n) is 5.84. The molecule has 2 aromatic carbocycles. The second kappa shape index (κ2) is 10.5. The van der Waals surface area contributed by atoms with Gasteiger partial charge in [-0.05, 0) is 12.1 Å². The van der Waals surface area contributed by atoms with Gasteiger partial charge >= 0.3 is 6.03 Å². The highest BCUT2D eigenvalue weighted by atomic mass is 35.5. The van der Waals surface area contributed by atoms with Crippen LogP contribution in [0.5, 0.6) is 17.2 Å². The Labute approximate surface area is 199 Å². The Morgan fingerprint density at radius 3 is 2.16 bits per heavy atom. The average Bonchev–Trinajstić information content (AvgIpc) is 2.77. The lowest BCUT2D eigenvalue weighted by Crippen LogP contribution is -2.54. The van der Waals surface area contributed by atoms with Gasteiger partial charge in [-0.1, -0.05) is 29.3 Å². The summed E-state index contributed by atoms with van der Waals surface area (Å²) in [6.45, 7) is 2.78. The van der Waals surface area contributed by atoms with Crippen molar-refractivity contribution in [3.8, 4) is 17.2 Å².